The maximum atomic E-state index is 13.4. The molecule has 3 heterocycles. The summed E-state index contributed by atoms with van der Waals surface area (Å²) in [4.78, 5) is 32.2. The summed E-state index contributed by atoms with van der Waals surface area (Å²) in [7, 11) is 1.89. The number of amides is 2. The number of hydrogen-bond donors (Lipinski definition) is 1. The van der Waals surface area contributed by atoms with E-state index in [1.165, 1.54) is 0 Å². The number of aromatic nitrogens is 3. The minimum atomic E-state index is -0.662. The second kappa shape index (κ2) is 7.02. The minimum absolute atomic E-state index is 0.181. The number of aryl methyl sites for hydroxylation is 1. The molecular formula is C21H23N5O3. The second-order valence-electron chi connectivity index (χ2n) is 7.69. The van der Waals surface area contributed by atoms with Gasteiger partial charge in [-0.3, -0.25) is 14.3 Å². The Morgan fingerprint density at radius 1 is 1.28 bits per heavy atom. The molecule has 5 rings (SSSR count). The van der Waals surface area contributed by atoms with Crippen molar-refractivity contribution < 1.29 is 14.0 Å². The molecule has 2 aliphatic rings. The number of benzene rings is 1. The van der Waals surface area contributed by atoms with E-state index in [0.29, 0.717) is 30.3 Å². The molecule has 2 amide bonds. The summed E-state index contributed by atoms with van der Waals surface area (Å²) >= 11 is 0. The van der Waals surface area contributed by atoms with Gasteiger partial charge >= 0.3 is 0 Å². The van der Waals surface area contributed by atoms with Crippen LogP contribution in [0.5, 0.6) is 0 Å². The molecule has 0 radical (unpaired) electrons. The number of piperazine rings is 1. The molecule has 1 aromatic carbocycles. The van der Waals surface area contributed by atoms with Crippen molar-refractivity contribution in [1.82, 2.24) is 25.0 Å². The molecule has 0 saturated carbocycles. The Hall–Kier alpha value is -3.16. The fraction of sp³-hybridized carbons (Fsp3) is 0.429. The summed E-state index contributed by atoms with van der Waals surface area (Å²) in [6, 6.07) is 6.82. The lowest BCUT2D eigenvalue weighted by molar-refractivity contribution is -0.127. The molecule has 1 fully saturated rings. The van der Waals surface area contributed by atoms with Crippen LogP contribution in [0.15, 0.2) is 28.7 Å². The predicted molar refractivity (Wildman–Crippen MR) is 105 cm³/mol. The molecule has 29 heavy (non-hydrogen) atoms. The predicted octanol–water partition coefficient (Wildman–Crippen LogP) is 1.62. The van der Waals surface area contributed by atoms with Crippen molar-refractivity contribution in [3.8, 4) is 0 Å². The van der Waals surface area contributed by atoms with E-state index in [-0.39, 0.29) is 18.2 Å². The first-order valence-corrected chi connectivity index (χ1v) is 10.1. The second-order valence-corrected chi connectivity index (χ2v) is 7.69. The number of rotatable bonds is 3. The highest BCUT2D eigenvalue weighted by Crippen LogP contribution is 2.26. The van der Waals surface area contributed by atoms with Gasteiger partial charge in [0, 0.05) is 31.4 Å². The van der Waals surface area contributed by atoms with Gasteiger partial charge in [0.2, 0.25) is 5.91 Å². The highest BCUT2D eigenvalue weighted by atomic mass is 16.3. The van der Waals surface area contributed by atoms with Crippen LogP contribution in [0.3, 0.4) is 0 Å². The molecule has 8 nitrogen and oxygen atoms in total. The van der Waals surface area contributed by atoms with Crippen LogP contribution in [0.1, 0.15) is 40.5 Å². The maximum absolute atomic E-state index is 13.4. The summed E-state index contributed by atoms with van der Waals surface area (Å²) in [6.45, 7) is 0.879. The third-order valence-corrected chi connectivity index (χ3v) is 5.87. The Kier molecular flexibility index (Phi) is 4.34. The SMILES string of the molecule is Cn1nc(C(=O)N2CCNC(=O)[C@H]2Cc2nc3ccccc3o2)c2c1CCCC2. The van der Waals surface area contributed by atoms with Gasteiger partial charge in [0.25, 0.3) is 5.91 Å². The van der Waals surface area contributed by atoms with Crippen molar-refractivity contribution in [2.24, 2.45) is 7.05 Å². The maximum Gasteiger partial charge on any atom is 0.275 e. The zero-order valence-electron chi connectivity index (χ0n) is 16.4. The summed E-state index contributed by atoms with van der Waals surface area (Å²) in [6.07, 6.45) is 4.22. The van der Waals surface area contributed by atoms with Crippen LogP contribution in [-0.4, -0.2) is 50.6 Å². The lowest BCUT2D eigenvalue weighted by atomic mass is 9.95. The van der Waals surface area contributed by atoms with Crippen molar-refractivity contribution in [1.29, 1.82) is 0 Å². The van der Waals surface area contributed by atoms with Gasteiger partial charge in [-0.1, -0.05) is 12.1 Å². The van der Waals surface area contributed by atoms with E-state index in [1.807, 2.05) is 36.0 Å². The Labute approximate surface area is 167 Å². The molecule has 3 aromatic rings. The van der Waals surface area contributed by atoms with Crippen molar-refractivity contribution in [3.05, 3.63) is 47.1 Å². The quantitative estimate of drug-likeness (QED) is 0.730. The van der Waals surface area contributed by atoms with Crippen molar-refractivity contribution in [2.75, 3.05) is 13.1 Å². The molecular weight excluding hydrogens is 370 g/mol. The number of nitrogens with one attached hydrogen (secondary N) is 1. The van der Waals surface area contributed by atoms with Crippen molar-refractivity contribution >= 4 is 22.9 Å². The monoisotopic (exact) mass is 393 g/mol. The van der Waals surface area contributed by atoms with Crippen LogP contribution in [0.2, 0.25) is 0 Å². The van der Waals surface area contributed by atoms with Gasteiger partial charge in [-0.05, 0) is 37.8 Å². The van der Waals surface area contributed by atoms with Crippen LogP contribution in [0.4, 0.5) is 0 Å². The minimum Gasteiger partial charge on any atom is -0.441 e. The van der Waals surface area contributed by atoms with Gasteiger partial charge in [-0.15, -0.1) is 0 Å². The van der Waals surface area contributed by atoms with Gasteiger partial charge in [0.1, 0.15) is 11.6 Å². The van der Waals surface area contributed by atoms with Crippen LogP contribution < -0.4 is 5.32 Å². The van der Waals surface area contributed by atoms with Crippen LogP contribution in [-0.2, 0) is 31.1 Å². The van der Waals surface area contributed by atoms with E-state index < -0.39 is 6.04 Å². The first-order chi connectivity index (χ1) is 14.1. The largest absolute Gasteiger partial charge is 0.441 e. The number of para-hydroxylation sites is 2. The van der Waals surface area contributed by atoms with Crippen molar-refractivity contribution in [2.45, 2.75) is 38.1 Å². The zero-order chi connectivity index (χ0) is 20.0. The molecule has 0 unspecified atom stereocenters. The molecule has 1 N–H and O–H groups in total. The van der Waals surface area contributed by atoms with E-state index in [9.17, 15) is 9.59 Å². The Balaban J connectivity index is 1.46. The van der Waals surface area contributed by atoms with E-state index in [1.54, 1.807) is 4.90 Å². The van der Waals surface area contributed by atoms with Crippen molar-refractivity contribution in [3.63, 3.8) is 0 Å². The summed E-state index contributed by atoms with van der Waals surface area (Å²) in [5, 5.41) is 7.39. The van der Waals surface area contributed by atoms with E-state index in [0.717, 1.165) is 42.5 Å². The highest BCUT2D eigenvalue weighted by molar-refractivity contribution is 5.98. The molecule has 1 saturated heterocycles. The number of oxazole rings is 1. The number of nitrogens with zero attached hydrogens (tertiary/aromatic N) is 4. The van der Waals surface area contributed by atoms with Gasteiger partial charge in [0.15, 0.2) is 17.2 Å². The highest BCUT2D eigenvalue weighted by Gasteiger charge is 2.37. The van der Waals surface area contributed by atoms with E-state index in [2.05, 4.69) is 15.4 Å². The average Bonchev–Trinajstić information content (AvgIpc) is 3.30. The summed E-state index contributed by atoms with van der Waals surface area (Å²) in [5.41, 5.74) is 4.08. The Bertz CT molecular complexity index is 1070. The number of carbonyl (C=O) groups excluding carboxylic acids is 2. The number of hydrogen-bond acceptors (Lipinski definition) is 5. The molecule has 0 bridgehead atoms. The normalized spacial score (nSPS) is 19.3. The Morgan fingerprint density at radius 2 is 2.10 bits per heavy atom. The number of fused-ring (bicyclic) bond motifs is 2. The number of carbonyl (C=O) groups is 2. The van der Waals surface area contributed by atoms with Gasteiger partial charge in [-0.25, -0.2) is 4.98 Å². The fourth-order valence-corrected chi connectivity index (χ4v) is 4.41. The lowest BCUT2D eigenvalue weighted by Crippen LogP contribution is -2.58. The average molecular weight is 393 g/mol. The summed E-state index contributed by atoms with van der Waals surface area (Å²) < 4.78 is 7.62. The lowest BCUT2D eigenvalue weighted by Gasteiger charge is -2.34. The third kappa shape index (κ3) is 3.08. The summed E-state index contributed by atoms with van der Waals surface area (Å²) in [5.74, 6) is 0.0884. The molecule has 150 valence electrons. The standard InChI is InChI=1S/C21H23N5O3/c1-25-15-8-4-2-6-13(15)19(24-25)21(28)26-11-10-22-20(27)16(26)12-18-23-14-7-3-5-9-17(14)29-18/h3,5,7,9,16H,2,4,6,8,10-12H2,1H3,(H,22,27)/t16-/m1/s1. The molecule has 1 aliphatic heterocycles. The molecule has 8 heteroatoms. The van der Waals surface area contributed by atoms with Gasteiger partial charge < -0.3 is 14.6 Å². The first-order valence-electron chi connectivity index (χ1n) is 10.1. The van der Waals surface area contributed by atoms with Gasteiger partial charge in [0.05, 0.1) is 6.42 Å². The molecule has 0 spiro atoms. The first kappa shape index (κ1) is 17.9. The molecule has 2 aromatic heterocycles. The smallest absolute Gasteiger partial charge is 0.275 e. The van der Waals surface area contributed by atoms with Crippen LogP contribution >= 0.6 is 0 Å². The van der Waals surface area contributed by atoms with Crippen LogP contribution in [0, 0.1) is 0 Å². The topological polar surface area (TPSA) is 93.3 Å². The van der Waals surface area contributed by atoms with E-state index >= 15 is 0 Å². The third-order valence-electron chi connectivity index (χ3n) is 5.87. The Morgan fingerprint density at radius 3 is 2.97 bits per heavy atom. The van der Waals surface area contributed by atoms with Crippen LogP contribution in [0.25, 0.3) is 11.1 Å². The zero-order valence-corrected chi connectivity index (χ0v) is 16.4. The van der Waals surface area contributed by atoms with E-state index in [4.69, 9.17) is 4.42 Å². The fourth-order valence-electron chi connectivity index (χ4n) is 4.41. The molecule has 1 atom stereocenters. The van der Waals surface area contributed by atoms with Gasteiger partial charge in [-0.2, -0.15) is 5.10 Å². The molecule has 1 aliphatic carbocycles.